The van der Waals surface area contributed by atoms with Crippen molar-refractivity contribution < 1.29 is 0 Å². The first-order chi connectivity index (χ1) is 7.29. The quantitative estimate of drug-likeness (QED) is 0.594. The summed E-state index contributed by atoms with van der Waals surface area (Å²) < 4.78 is 0. The molecule has 0 amide bonds. The smallest absolute Gasteiger partial charge is 0.0623 e. The van der Waals surface area contributed by atoms with Crippen LogP contribution in [-0.2, 0) is 0 Å². The molecule has 2 rings (SSSR count). The minimum absolute atomic E-state index is 0.969. The molecule has 0 saturated heterocycles. The highest BCUT2D eigenvalue weighted by Gasteiger charge is 2.05. The van der Waals surface area contributed by atoms with Crippen molar-refractivity contribution in [1.82, 2.24) is 4.98 Å². The van der Waals surface area contributed by atoms with Gasteiger partial charge >= 0.3 is 0 Å². The van der Waals surface area contributed by atoms with E-state index in [9.17, 15) is 0 Å². The van der Waals surface area contributed by atoms with Crippen molar-refractivity contribution in [3.63, 3.8) is 0 Å². The van der Waals surface area contributed by atoms with Gasteiger partial charge in [-0.15, -0.1) is 0 Å². The number of pyridine rings is 1. The maximum absolute atomic E-state index is 5.76. The van der Waals surface area contributed by atoms with Gasteiger partial charge in [0.1, 0.15) is 0 Å². The summed E-state index contributed by atoms with van der Waals surface area (Å²) in [5, 5.41) is 1.60. The normalized spacial score (nSPS) is 10.0. The van der Waals surface area contributed by atoms with Crippen LogP contribution in [0.3, 0.4) is 0 Å². The highest BCUT2D eigenvalue weighted by Crippen LogP contribution is 2.27. The van der Waals surface area contributed by atoms with Crippen molar-refractivity contribution in [1.29, 1.82) is 0 Å². The molecule has 1 aromatic carbocycles. The molecule has 0 atom stereocenters. The van der Waals surface area contributed by atoms with Crippen molar-refractivity contribution in [2.24, 2.45) is 5.84 Å². The Morgan fingerprint density at radius 3 is 2.53 bits per heavy atom. The Morgan fingerprint density at radius 2 is 1.87 bits per heavy atom. The van der Waals surface area contributed by atoms with Gasteiger partial charge in [-0.1, -0.05) is 30.3 Å². The van der Waals surface area contributed by atoms with Crippen molar-refractivity contribution in [3.05, 3.63) is 48.8 Å². The summed E-state index contributed by atoms with van der Waals surface area (Å²) in [6, 6.07) is 12.0. The maximum atomic E-state index is 5.76. The van der Waals surface area contributed by atoms with Crippen molar-refractivity contribution in [2.75, 3.05) is 12.1 Å². The lowest BCUT2D eigenvalue weighted by Crippen LogP contribution is -2.25. The molecule has 1 heterocycles. The third kappa shape index (κ3) is 1.97. The van der Waals surface area contributed by atoms with Gasteiger partial charge in [0, 0.05) is 25.0 Å². The Morgan fingerprint density at radius 1 is 1.13 bits per heavy atom. The Kier molecular flexibility index (Phi) is 2.65. The average Bonchev–Trinajstić information content (AvgIpc) is 2.30. The lowest BCUT2D eigenvalue weighted by Gasteiger charge is -2.16. The third-order valence-electron chi connectivity index (χ3n) is 2.26. The highest BCUT2D eigenvalue weighted by molar-refractivity contribution is 5.77. The van der Waals surface area contributed by atoms with E-state index in [1.807, 2.05) is 49.6 Å². The van der Waals surface area contributed by atoms with E-state index in [-0.39, 0.29) is 0 Å². The molecule has 0 aliphatic carbocycles. The monoisotopic (exact) mass is 199 g/mol. The molecule has 2 aromatic rings. The minimum Gasteiger partial charge on any atom is -0.313 e. The first kappa shape index (κ1) is 9.68. The van der Waals surface area contributed by atoms with Crippen LogP contribution in [0.4, 0.5) is 5.69 Å². The van der Waals surface area contributed by atoms with E-state index in [1.54, 1.807) is 11.2 Å². The standard InChI is InChI=1S/C12H13N3/c1-15(13)12-7-8-14-9-11(12)10-5-3-2-4-6-10/h2-9H,13H2,1H3. The Labute approximate surface area is 89.1 Å². The zero-order chi connectivity index (χ0) is 10.7. The van der Waals surface area contributed by atoms with Gasteiger partial charge in [-0.25, -0.2) is 5.84 Å². The lowest BCUT2D eigenvalue weighted by atomic mass is 10.1. The van der Waals surface area contributed by atoms with Gasteiger partial charge < -0.3 is 5.01 Å². The fraction of sp³-hybridized carbons (Fsp3) is 0.0833. The first-order valence-electron chi connectivity index (χ1n) is 4.77. The van der Waals surface area contributed by atoms with E-state index < -0.39 is 0 Å². The Bertz CT molecular complexity index is 438. The van der Waals surface area contributed by atoms with Crippen LogP contribution in [0.5, 0.6) is 0 Å². The second kappa shape index (κ2) is 4.11. The Hall–Kier alpha value is -1.87. The molecule has 3 heteroatoms. The van der Waals surface area contributed by atoms with Crippen molar-refractivity contribution >= 4 is 5.69 Å². The third-order valence-corrected chi connectivity index (χ3v) is 2.26. The van der Waals surface area contributed by atoms with Crippen LogP contribution in [0.15, 0.2) is 48.8 Å². The molecule has 2 N–H and O–H groups in total. The number of hydrazine groups is 1. The van der Waals surface area contributed by atoms with Gasteiger partial charge in [0.15, 0.2) is 0 Å². The van der Waals surface area contributed by atoms with Gasteiger partial charge in [-0.2, -0.15) is 0 Å². The number of hydrogen-bond donors (Lipinski definition) is 1. The van der Waals surface area contributed by atoms with E-state index in [2.05, 4.69) is 4.98 Å². The second-order valence-electron chi connectivity index (χ2n) is 3.37. The number of aromatic nitrogens is 1. The number of benzene rings is 1. The van der Waals surface area contributed by atoms with E-state index in [0.717, 1.165) is 16.8 Å². The molecule has 0 aliphatic rings. The maximum Gasteiger partial charge on any atom is 0.0623 e. The molecular formula is C12H13N3. The van der Waals surface area contributed by atoms with Crippen molar-refractivity contribution in [3.8, 4) is 11.1 Å². The summed E-state index contributed by atoms with van der Waals surface area (Å²) in [4.78, 5) is 4.12. The SMILES string of the molecule is CN(N)c1ccncc1-c1ccccc1. The van der Waals surface area contributed by atoms with Crippen LogP contribution in [0.1, 0.15) is 0 Å². The highest BCUT2D eigenvalue weighted by atomic mass is 15.4. The van der Waals surface area contributed by atoms with Gasteiger partial charge in [-0.05, 0) is 11.6 Å². The summed E-state index contributed by atoms with van der Waals surface area (Å²) in [6.45, 7) is 0. The second-order valence-corrected chi connectivity index (χ2v) is 3.37. The zero-order valence-corrected chi connectivity index (χ0v) is 8.59. The molecule has 0 fully saturated rings. The summed E-state index contributed by atoms with van der Waals surface area (Å²) in [7, 11) is 1.82. The van der Waals surface area contributed by atoms with Crippen molar-refractivity contribution in [2.45, 2.75) is 0 Å². The molecule has 76 valence electrons. The molecule has 3 nitrogen and oxygen atoms in total. The van der Waals surface area contributed by atoms with E-state index in [1.165, 1.54) is 0 Å². The molecule has 1 aromatic heterocycles. The van der Waals surface area contributed by atoms with E-state index >= 15 is 0 Å². The summed E-state index contributed by atoms with van der Waals surface area (Å²) >= 11 is 0. The van der Waals surface area contributed by atoms with Crippen LogP contribution < -0.4 is 10.9 Å². The van der Waals surface area contributed by atoms with E-state index in [4.69, 9.17) is 5.84 Å². The molecule has 0 saturated carbocycles. The van der Waals surface area contributed by atoms with Crippen LogP contribution in [0.2, 0.25) is 0 Å². The number of rotatable bonds is 2. The van der Waals surface area contributed by atoms with E-state index in [0.29, 0.717) is 0 Å². The fourth-order valence-corrected chi connectivity index (χ4v) is 1.53. The number of nitrogens with zero attached hydrogens (tertiary/aromatic N) is 2. The average molecular weight is 199 g/mol. The summed E-state index contributed by atoms with van der Waals surface area (Å²) in [5.74, 6) is 5.76. The molecule has 0 aliphatic heterocycles. The minimum atomic E-state index is 0.969. The molecule has 0 bridgehead atoms. The number of nitrogens with two attached hydrogens (primary N) is 1. The lowest BCUT2D eigenvalue weighted by molar-refractivity contribution is 1.01. The predicted molar refractivity (Wildman–Crippen MR) is 62.3 cm³/mol. The number of anilines is 1. The summed E-state index contributed by atoms with van der Waals surface area (Å²) in [5.41, 5.74) is 3.14. The molecule has 0 unspecified atom stereocenters. The molecular weight excluding hydrogens is 186 g/mol. The molecule has 0 radical (unpaired) electrons. The largest absolute Gasteiger partial charge is 0.313 e. The predicted octanol–water partition coefficient (Wildman–Crippen LogP) is 2.06. The summed E-state index contributed by atoms with van der Waals surface area (Å²) in [6.07, 6.45) is 3.57. The van der Waals surface area contributed by atoms with Crippen LogP contribution in [0, 0.1) is 0 Å². The first-order valence-corrected chi connectivity index (χ1v) is 4.77. The van der Waals surface area contributed by atoms with Crippen LogP contribution >= 0.6 is 0 Å². The molecule has 15 heavy (non-hydrogen) atoms. The number of hydrogen-bond acceptors (Lipinski definition) is 3. The van der Waals surface area contributed by atoms with Gasteiger partial charge in [0.2, 0.25) is 0 Å². The van der Waals surface area contributed by atoms with Crippen LogP contribution in [0.25, 0.3) is 11.1 Å². The molecule has 0 spiro atoms. The fourth-order valence-electron chi connectivity index (χ4n) is 1.53. The van der Waals surface area contributed by atoms with Gasteiger partial charge in [0.05, 0.1) is 5.69 Å². The van der Waals surface area contributed by atoms with Gasteiger partial charge in [0.25, 0.3) is 0 Å². The topological polar surface area (TPSA) is 42.1 Å². The Balaban J connectivity index is 2.53. The zero-order valence-electron chi connectivity index (χ0n) is 8.59. The van der Waals surface area contributed by atoms with Gasteiger partial charge in [-0.3, -0.25) is 4.98 Å². The van der Waals surface area contributed by atoms with Crippen LogP contribution in [-0.4, -0.2) is 12.0 Å².